The lowest BCUT2D eigenvalue weighted by molar-refractivity contribution is -0.138. The monoisotopic (exact) mass is 510 g/mol. The second kappa shape index (κ2) is 12.7. The van der Waals surface area contributed by atoms with E-state index in [2.05, 4.69) is 5.32 Å². The minimum absolute atomic E-state index is 0.00626. The van der Waals surface area contributed by atoms with Gasteiger partial charge in [0.1, 0.15) is 17.4 Å². The lowest BCUT2D eigenvalue weighted by Crippen LogP contribution is -2.54. The zero-order valence-corrected chi connectivity index (χ0v) is 19.7. The molecule has 2 aliphatic rings. The van der Waals surface area contributed by atoms with Gasteiger partial charge >= 0.3 is 5.97 Å². The summed E-state index contributed by atoms with van der Waals surface area (Å²) in [5.74, 6) is -3.38. The first-order chi connectivity index (χ1) is 16.8. The molecule has 1 fully saturated rings. The van der Waals surface area contributed by atoms with Crippen molar-refractivity contribution in [1.82, 2.24) is 10.2 Å². The molecule has 2 unspecified atom stereocenters. The van der Waals surface area contributed by atoms with Crippen molar-refractivity contribution in [3.8, 4) is 0 Å². The lowest BCUT2D eigenvalue weighted by atomic mass is 10.0. The smallest absolute Gasteiger partial charge is 0.305 e. The number of carboxylic acid groups (broad SMARTS) is 1. The van der Waals surface area contributed by atoms with Crippen LogP contribution in [0.15, 0.2) is 23.1 Å². The number of nitrogens with one attached hydrogen (secondary N) is 1. The Morgan fingerprint density at radius 1 is 1.03 bits per heavy atom. The first kappa shape index (κ1) is 26.8. The van der Waals surface area contributed by atoms with Crippen molar-refractivity contribution in [3.05, 3.63) is 29.3 Å². The number of carboxylic acids is 1. The van der Waals surface area contributed by atoms with Gasteiger partial charge in [-0.25, -0.2) is 0 Å². The Balaban J connectivity index is 1.45. The van der Waals surface area contributed by atoms with Crippen molar-refractivity contribution in [2.75, 3.05) is 45.4 Å². The average molecular weight is 511 g/mol. The van der Waals surface area contributed by atoms with Crippen molar-refractivity contribution < 1.29 is 47.8 Å². The maximum atomic E-state index is 13.1. The predicted molar refractivity (Wildman–Crippen MR) is 119 cm³/mol. The second-order valence-corrected chi connectivity index (χ2v) is 9.20. The summed E-state index contributed by atoms with van der Waals surface area (Å²) < 4.78 is 28.6. The molecule has 0 aromatic heterocycles. The molecule has 4 amide bonds. The van der Waals surface area contributed by atoms with Crippen molar-refractivity contribution in [3.63, 3.8) is 0 Å². The topological polar surface area (TPSA) is 172 Å². The van der Waals surface area contributed by atoms with E-state index in [1.54, 1.807) is 0 Å². The van der Waals surface area contributed by atoms with Crippen LogP contribution in [0.2, 0.25) is 0 Å². The number of aliphatic carboxylic acids is 1. The van der Waals surface area contributed by atoms with Gasteiger partial charge in [-0.15, -0.1) is 0 Å². The van der Waals surface area contributed by atoms with E-state index in [0.717, 1.165) is 4.90 Å². The Morgan fingerprint density at radius 2 is 1.69 bits per heavy atom. The average Bonchev–Trinajstić information content (AvgIpc) is 3.07. The molecule has 13 heteroatoms. The lowest BCUT2D eigenvalue weighted by Gasteiger charge is -2.27. The van der Waals surface area contributed by atoms with Crippen LogP contribution >= 0.6 is 0 Å². The number of carbonyl (C=O) groups excluding carboxylic acids is 4. The van der Waals surface area contributed by atoms with Gasteiger partial charge in [0.2, 0.25) is 11.8 Å². The van der Waals surface area contributed by atoms with E-state index in [1.165, 1.54) is 18.2 Å². The van der Waals surface area contributed by atoms with Gasteiger partial charge in [0.05, 0.1) is 51.6 Å². The maximum absolute atomic E-state index is 13.1. The molecule has 2 N–H and O–H groups in total. The normalized spacial score (nSPS) is 18.5. The maximum Gasteiger partial charge on any atom is 0.305 e. The van der Waals surface area contributed by atoms with Crippen molar-refractivity contribution in [2.24, 2.45) is 0 Å². The van der Waals surface area contributed by atoms with Gasteiger partial charge in [0, 0.05) is 6.42 Å². The number of rotatable bonds is 14. The van der Waals surface area contributed by atoms with E-state index in [9.17, 15) is 28.5 Å². The molecule has 2 heterocycles. The number of fused-ring (bicyclic) bond motifs is 1. The molecular weight excluding hydrogens is 484 g/mol. The number of piperidine rings is 1. The Morgan fingerprint density at radius 3 is 2.34 bits per heavy atom. The molecule has 0 saturated carbocycles. The van der Waals surface area contributed by atoms with Crippen molar-refractivity contribution >= 4 is 40.8 Å². The zero-order valence-electron chi connectivity index (χ0n) is 18.9. The van der Waals surface area contributed by atoms with Gasteiger partial charge in [0.15, 0.2) is 4.90 Å². The quantitative estimate of drug-likeness (QED) is 0.193. The molecule has 1 aromatic carbocycles. The van der Waals surface area contributed by atoms with Crippen LogP contribution in [0.4, 0.5) is 0 Å². The van der Waals surface area contributed by atoms with E-state index in [-0.39, 0.29) is 80.7 Å². The Hall–Kier alpha value is -2.84. The third kappa shape index (κ3) is 6.86. The number of hydrogen-bond acceptors (Lipinski definition) is 9. The highest BCUT2D eigenvalue weighted by Gasteiger charge is 2.47. The molecule has 35 heavy (non-hydrogen) atoms. The highest BCUT2D eigenvalue weighted by atomic mass is 32.2. The molecule has 190 valence electrons. The largest absolute Gasteiger partial charge is 0.611 e. The van der Waals surface area contributed by atoms with Crippen LogP contribution in [0.5, 0.6) is 0 Å². The summed E-state index contributed by atoms with van der Waals surface area (Å²) in [6.07, 6.45) is -0.0140. The molecule has 2 aliphatic heterocycles. The minimum atomic E-state index is -1.64. The van der Waals surface area contributed by atoms with Gasteiger partial charge < -0.3 is 23.9 Å². The summed E-state index contributed by atoms with van der Waals surface area (Å²) in [5.41, 5.74) is 0.0807. The van der Waals surface area contributed by atoms with Gasteiger partial charge in [-0.05, 0) is 29.7 Å². The molecule has 12 nitrogen and oxygen atoms in total. The second-order valence-electron chi connectivity index (χ2n) is 7.66. The SMILES string of the molecule is O=C(O)CCOCCOCCOCC[S+]([O-])c1cccc2c1C(=O)N(C1CCC(=O)NC1=O)C2=O. The van der Waals surface area contributed by atoms with Crippen LogP contribution in [0.3, 0.4) is 0 Å². The van der Waals surface area contributed by atoms with Gasteiger partial charge in [-0.2, -0.15) is 0 Å². The summed E-state index contributed by atoms with van der Waals surface area (Å²) in [6.45, 7) is 1.28. The number of nitrogens with zero attached hydrogens (tertiary/aromatic N) is 1. The van der Waals surface area contributed by atoms with Crippen molar-refractivity contribution in [2.45, 2.75) is 30.2 Å². The van der Waals surface area contributed by atoms with E-state index in [1.807, 2.05) is 0 Å². The highest BCUT2D eigenvalue weighted by molar-refractivity contribution is 7.91. The van der Waals surface area contributed by atoms with E-state index in [0.29, 0.717) is 0 Å². The minimum Gasteiger partial charge on any atom is -0.611 e. The fourth-order valence-electron chi connectivity index (χ4n) is 3.62. The Labute approximate surface area is 204 Å². The predicted octanol–water partition coefficient (Wildman–Crippen LogP) is -0.280. The van der Waals surface area contributed by atoms with Crippen LogP contribution in [0, 0.1) is 0 Å². The standard InChI is InChI=1S/C22H26N2O10S/c25-17-5-4-15(20(28)23-17)24-21(29)14-2-1-3-16(19(14)22(24)30)35(31)13-12-34-11-10-33-9-8-32-7-6-18(26)27/h1-3,15H,4-13H2,(H,26,27)(H,23,25,28). The van der Waals surface area contributed by atoms with Gasteiger partial charge in [-0.1, -0.05) is 6.07 Å². The zero-order chi connectivity index (χ0) is 25.4. The van der Waals surface area contributed by atoms with Crippen LogP contribution < -0.4 is 5.32 Å². The van der Waals surface area contributed by atoms with E-state index < -0.39 is 46.8 Å². The number of amides is 4. The Kier molecular flexibility index (Phi) is 9.74. The Bertz CT molecular complexity index is 985. The van der Waals surface area contributed by atoms with Crippen LogP contribution in [-0.4, -0.2) is 95.6 Å². The number of benzene rings is 1. The van der Waals surface area contributed by atoms with Gasteiger partial charge in [-0.3, -0.25) is 34.2 Å². The molecule has 0 aliphatic carbocycles. The van der Waals surface area contributed by atoms with E-state index in [4.69, 9.17) is 19.3 Å². The van der Waals surface area contributed by atoms with E-state index >= 15 is 0 Å². The number of hydrogen-bond donors (Lipinski definition) is 2. The first-order valence-corrected chi connectivity index (χ1v) is 12.3. The molecule has 3 rings (SSSR count). The fraction of sp³-hybridized carbons (Fsp3) is 0.500. The number of carbonyl (C=O) groups is 5. The molecule has 1 saturated heterocycles. The summed E-state index contributed by atoms with van der Waals surface area (Å²) in [4.78, 5) is 60.9. The number of ether oxygens (including phenoxy) is 3. The molecule has 2 atom stereocenters. The first-order valence-electron chi connectivity index (χ1n) is 11.0. The number of imide groups is 2. The third-order valence-electron chi connectivity index (χ3n) is 5.29. The summed E-state index contributed by atoms with van der Waals surface area (Å²) in [7, 11) is 0. The molecule has 0 radical (unpaired) electrons. The highest BCUT2D eigenvalue weighted by Crippen LogP contribution is 2.32. The fourth-order valence-corrected chi connectivity index (χ4v) is 4.76. The molecule has 1 aromatic rings. The third-order valence-corrected chi connectivity index (χ3v) is 6.66. The summed E-state index contributed by atoms with van der Waals surface area (Å²) in [6, 6.07) is 3.38. The molecule has 0 bridgehead atoms. The van der Waals surface area contributed by atoms with Crippen molar-refractivity contribution in [1.29, 1.82) is 0 Å². The van der Waals surface area contributed by atoms with Crippen LogP contribution in [0.25, 0.3) is 0 Å². The van der Waals surface area contributed by atoms with Crippen LogP contribution in [0.1, 0.15) is 40.0 Å². The molecular formula is C22H26N2O10S. The van der Waals surface area contributed by atoms with Crippen LogP contribution in [-0.2, 0) is 39.8 Å². The summed E-state index contributed by atoms with van der Waals surface area (Å²) >= 11 is -1.64. The molecule has 0 spiro atoms. The van der Waals surface area contributed by atoms with Gasteiger partial charge in [0.25, 0.3) is 11.8 Å². The summed E-state index contributed by atoms with van der Waals surface area (Å²) in [5, 5.41) is 10.6.